The largest absolute Gasteiger partial charge is 0.393 e. The summed E-state index contributed by atoms with van der Waals surface area (Å²) in [7, 11) is 0. The number of benzene rings is 1. The molecule has 0 aliphatic carbocycles. The van der Waals surface area contributed by atoms with Crippen molar-refractivity contribution in [2.24, 2.45) is 5.92 Å². The lowest BCUT2D eigenvalue weighted by atomic mass is 9.86. The second-order valence-corrected chi connectivity index (χ2v) is 6.49. The Morgan fingerprint density at radius 3 is 2.90 bits per heavy atom. The van der Waals surface area contributed by atoms with Gasteiger partial charge in [0, 0.05) is 30.7 Å². The maximum absolute atomic E-state index is 12.9. The number of amides is 1. The maximum Gasteiger partial charge on any atom is 0.230 e. The molecule has 0 spiro atoms. The van der Waals surface area contributed by atoms with Crippen LogP contribution in [0.2, 0.25) is 0 Å². The fraction of sp³-hybridized carbons (Fsp3) is 0.588. The monoisotopic (exact) mass is 288 g/mol. The van der Waals surface area contributed by atoms with Crippen LogP contribution < -0.4 is 5.32 Å². The molecule has 1 amide bonds. The van der Waals surface area contributed by atoms with Crippen LogP contribution in [-0.4, -0.2) is 41.1 Å². The highest BCUT2D eigenvalue weighted by molar-refractivity contribution is 5.86. The molecule has 4 unspecified atom stereocenters. The number of para-hydroxylation sites is 1. The summed E-state index contributed by atoms with van der Waals surface area (Å²) in [6.45, 7) is 5.41. The van der Waals surface area contributed by atoms with Gasteiger partial charge in [0.05, 0.1) is 12.0 Å². The Balaban J connectivity index is 1.79. The number of hydrogen-bond donors (Lipinski definition) is 2. The van der Waals surface area contributed by atoms with Crippen molar-refractivity contribution in [2.75, 3.05) is 18.4 Å². The first-order valence-corrected chi connectivity index (χ1v) is 7.88. The smallest absolute Gasteiger partial charge is 0.230 e. The number of aliphatic hydroxyl groups is 1. The van der Waals surface area contributed by atoms with Gasteiger partial charge in [-0.3, -0.25) is 4.79 Å². The number of nitrogens with one attached hydrogen (secondary N) is 1. The molecule has 2 heterocycles. The number of fused-ring (bicyclic) bond motifs is 1. The highest BCUT2D eigenvalue weighted by Crippen LogP contribution is 2.36. The molecular weight excluding hydrogens is 264 g/mol. The van der Waals surface area contributed by atoms with E-state index in [-0.39, 0.29) is 23.8 Å². The molecule has 4 nitrogen and oxygen atoms in total. The van der Waals surface area contributed by atoms with E-state index in [0.717, 1.165) is 30.6 Å². The van der Waals surface area contributed by atoms with Crippen LogP contribution in [0.1, 0.15) is 38.2 Å². The zero-order valence-electron chi connectivity index (χ0n) is 12.7. The van der Waals surface area contributed by atoms with E-state index in [9.17, 15) is 9.90 Å². The van der Waals surface area contributed by atoms with Gasteiger partial charge < -0.3 is 15.3 Å². The van der Waals surface area contributed by atoms with Crippen LogP contribution in [0.4, 0.5) is 5.69 Å². The van der Waals surface area contributed by atoms with Gasteiger partial charge in [0.25, 0.3) is 0 Å². The molecule has 21 heavy (non-hydrogen) atoms. The zero-order valence-corrected chi connectivity index (χ0v) is 12.7. The third-order valence-electron chi connectivity index (χ3n) is 4.84. The Kier molecular flexibility index (Phi) is 3.89. The second-order valence-electron chi connectivity index (χ2n) is 6.49. The quantitative estimate of drug-likeness (QED) is 0.877. The molecule has 2 aliphatic rings. The third kappa shape index (κ3) is 2.77. The van der Waals surface area contributed by atoms with E-state index in [2.05, 4.69) is 18.3 Å². The standard InChI is InChI=1S/C17H24N2O2/c1-11-9-15(14-5-3-4-6-16(14)18-11)17(21)19-8-7-13(10-19)12(2)20/h3-6,11-13,15,18,20H,7-10H2,1-2H3. The number of carbonyl (C=O) groups excluding carboxylic acids is 1. The fourth-order valence-corrected chi connectivity index (χ4v) is 3.57. The number of aliphatic hydroxyl groups excluding tert-OH is 1. The van der Waals surface area contributed by atoms with Crippen LogP contribution in [-0.2, 0) is 4.79 Å². The van der Waals surface area contributed by atoms with Crippen molar-refractivity contribution in [3.8, 4) is 0 Å². The van der Waals surface area contributed by atoms with E-state index < -0.39 is 0 Å². The van der Waals surface area contributed by atoms with Crippen molar-refractivity contribution in [1.29, 1.82) is 0 Å². The summed E-state index contributed by atoms with van der Waals surface area (Å²) in [6, 6.07) is 8.42. The first-order chi connectivity index (χ1) is 10.1. The van der Waals surface area contributed by atoms with Gasteiger partial charge in [-0.25, -0.2) is 0 Å². The van der Waals surface area contributed by atoms with Crippen LogP contribution >= 0.6 is 0 Å². The highest BCUT2D eigenvalue weighted by Gasteiger charge is 2.36. The zero-order chi connectivity index (χ0) is 15.0. The summed E-state index contributed by atoms with van der Waals surface area (Å²) in [4.78, 5) is 14.8. The summed E-state index contributed by atoms with van der Waals surface area (Å²) in [6.07, 6.45) is 1.42. The fourth-order valence-electron chi connectivity index (χ4n) is 3.57. The Hall–Kier alpha value is -1.55. The minimum Gasteiger partial charge on any atom is -0.393 e. The van der Waals surface area contributed by atoms with Crippen LogP contribution in [0.3, 0.4) is 0 Å². The van der Waals surface area contributed by atoms with Gasteiger partial charge in [-0.15, -0.1) is 0 Å². The molecule has 1 aromatic carbocycles. The summed E-state index contributed by atoms with van der Waals surface area (Å²) in [5, 5.41) is 13.2. The predicted molar refractivity (Wildman–Crippen MR) is 83.3 cm³/mol. The summed E-state index contributed by atoms with van der Waals surface area (Å²) >= 11 is 0. The third-order valence-corrected chi connectivity index (χ3v) is 4.84. The lowest BCUT2D eigenvalue weighted by Gasteiger charge is -2.33. The van der Waals surface area contributed by atoms with Crippen LogP contribution in [0.25, 0.3) is 0 Å². The Morgan fingerprint density at radius 1 is 1.43 bits per heavy atom. The summed E-state index contributed by atoms with van der Waals surface area (Å²) < 4.78 is 0. The molecule has 2 aliphatic heterocycles. The van der Waals surface area contributed by atoms with Crippen molar-refractivity contribution in [2.45, 2.75) is 44.8 Å². The van der Waals surface area contributed by atoms with E-state index in [0.29, 0.717) is 12.6 Å². The number of nitrogens with zero attached hydrogens (tertiary/aromatic N) is 1. The number of hydrogen-bond acceptors (Lipinski definition) is 3. The Bertz CT molecular complexity index is 529. The number of carbonyl (C=O) groups is 1. The van der Waals surface area contributed by atoms with Crippen molar-refractivity contribution < 1.29 is 9.90 Å². The SMILES string of the molecule is CC1CC(C(=O)N2CCC(C(C)O)C2)c2ccccc2N1. The minimum absolute atomic E-state index is 0.0507. The number of anilines is 1. The topological polar surface area (TPSA) is 52.6 Å². The lowest BCUT2D eigenvalue weighted by Crippen LogP contribution is -2.38. The molecule has 0 radical (unpaired) electrons. The molecule has 1 aromatic rings. The molecular formula is C17H24N2O2. The molecule has 4 atom stereocenters. The molecule has 0 bridgehead atoms. The second kappa shape index (κ2) is 5.68. The minimum atomic E-state index is -0.331. The van der Waals surface area contributed by atoms with Crippen molar-refractivity contribution in [1.82, 2.24) is 4.90 Å². The lowest BCUT2D eigenvalue weighted by molar-refractivity contribution is -0.132. The molecule has 1 fully saturated rings. The molecule has 3 rings (SSSR count). The Morgan fingerprint density at radius 2 is 2.19 bits per heavy atom. The van der Waals surface area contributed by atoms with E-state index in [1.807, 2.05) is 30.0 Å². The van der Waals surface area contributed by atoms with Crippen molar-refractivity contribution >= 4 is 11.6 Å². The van der Waals surface area contributed by atoms with Gasteiger partial charge in [0.1, 0.15) is 0 Å². The number of rotatable bonds is 2. The molecule has 2 N–H and O–H groups in total. The van der Waals surface area contributed by atoms with Gasteiger partial charge in [-0.1, -0.05) is 18.2 Å². The highest BCUT2D eigenvalue weighted by atomic mass is 16.3. The Labute approximate surface area is 126 Å². The predicted octanol–water partition coefficient (Wildman–Crippen LogP) is 2.20. The average Bonchev–Trinajstić information content (AvgIpc) is 2.95. The van der Waals surface area contributed by atoms with Crippen LogP contribution in [0.15, 0.2) is 24.3 Å². The summed E-state index contributed by atoms with van der Waals surface area (Å²) in [5.74, 6) is 0.396. The van der Waals surface area contributed by atoms with E-state index >= 15 is 0 Å². The van der Waals surface area contributed by atoms with E-state index in [1.54, 1.807) is 0 Å². The van der Waals surface area contributed by atoms with Gasteiger partial charge in [-0.05, 0) is 38.3 Å². The first-order valence-electron chi connectivity index (χ1n) is 7.88. The molecule has 0 aromatic heterocycles. The van der Waals surface area contributed by atoms with Gasteiger partial charge in [-0.2, -0.15) is 0 Å². The van der Waals surface area contributed by atoms with Gasteiger partial charge in [0.15, 0.2) is 0 Å². The first kappa shape index (κ1) is 14.4. The molecule has 0 saturated carbocycles. The normalized spacial score (nSPS) is 29.7. The summed E-state index contributed by atoms with van der Waals surface area (Å²) in [5.41, 5.74) is 2.20. The molecule has 4 heteroatoms. The van der Waals surface area contributed by atoms with Crippen LogP contribution in [0, 0.1) is 5.92 Å². The van der Waals surface area contributed by atoms with E-state index in [1.165, 1.54) is 0 Å². The van der Waals surface area contributed by atoms with Crippen molar-refractivity contribution in [3.63, 3.8) is 0 Å². The molecule has 1 saturated heterocycles. The van der Waals surface area contributed by atoms with Gasteiger partial charge >= 0.3 is 0 Å². The average molecular weight is 288 g/mol. The molecule has 114 valence electrons. The van der Waals surface area contributed by atoms with Crippen molar-refractivity contribution in [3.05, 3.63) is 29.8 Å². The van der Waals surface area contributed by atoms with Gasteiger partial charge in [0.2, 0.25) is 5.91 Å². The maximum atomic E-state index is 12.9. The van der Waals surface area contributed by atoms with E-state index in [4.69, 9.17) is 0 Å². The number of likely N-dealkylation sites (tertiary alicyclic amines) is 1. The van der Waals surface area contributed by atoms with Crippen LogP contribution in [0.5, 0.6) is 0 Å².